The monoisotopic (exact) mass is 220 g/mol. The third-order valence-electron chi connectivity index (χ3n) is 2.05. The smallest absolute Gasteiger partial charge is 0.374 e. The number of rotatable bonds is 8. The first-order valence-corrected chi connectivity index (χ1v) is 7.18. The van der Waals surface area contributed by atoms with Gasteiger partial charge in [0.15, 0.2) is 0 Å². The third-order valence-corrected chi connectivity index (χ3v) is 5.00. The summed E-state index contributed by atoms with van der Waals surface area (Å²) in [5.41, 5.74) is 0. The minimum absolute atomic E-state index is 0.222. The highest BCUT2D eigenvalue weighted by molar-refractivity contribution is 6.62. The number of hydrogen-bond acceptors (Lipinski definition) is 4. The Hall–Kier alpha value is 0.0569. The summed E-state index contributed by atoms with van der Waals surface area (Å²) in [5.74, 6) is 0. The van der Waals surface area contributed by atoms with Crippen LogP contribution in [0, 0.1) is 0 Å². The fourth-order valence-electron chi connectivity index (χ4n) is 1.17. The van der Waals surface area contributed by atoms with Crippen LogP contribution >= 0.6 is 0 Å². The van der Waals surface area contributed by atoms with E-state index >= 15 is 0 Å². The zero-order valence-corrected chi connectivity index (χ0v) is 11.0. The average molecular weight is 220 g/mol. The van der Waals surface area contributed by atoms with Gasteiger partial charge in [0.2, 0.25) is 0 Å². The van der Waals surface area contributed by atoms with Gasteiger partial charge in [-0.3, -0.25) is 9.96 Å². The molecule has 0 aromatic heterocycles. The van der Waals surface area contributed by atoms with Crippen molar-refractivity contribution in [3.05, 3.63) is 0 Å². The van der Waals surface area contributed by atoms with Gasteiger partial charge in [0, 0.05) is 13.2 Å². The molecule has 0 aliphatic rings. The van der Waals surface area contributed by atoms with Gasteiger partial charge in [-0.25, -0.2) is 0 Å². The fraction of sp³-hybridized carbons (Fsp3) is 1.00. The zero-order chi connectivity index (χ0) is 11.0. The number of hydrogen-bond donors (Lipinski definition) is 2. The minimum Gasteiger partial charge on any atom is -0.374 e. The molecule has 0 aromatic rings. The van der Waals surface area contributed by atoms with Crippen molar-refractivity contribution in [2.75, 3.05) is 20.2 Å². The van der Waals surface area contributed by atoms with Crippen molar-refractivity contribution in [2.24, 2.45) is 0 Å². The van der Waals surface area contributed by atoms with Gasteiger partial charge < -0.3 is 8.85 Å². The van der Waals surface area contributed by atoms with E-state index in [2.05, 4.69) is 37.7 Å². The summed E-state index contributed by atoms with van der Waals surface area (Å²) in [6.45, 7) is 9.98. The van der Waals surface area contributed by atoms with Gasteiger partial charge in [0.05, 0.1) is 0 Å². The highest BCUT2D eigenvalue weighted by Gasteiger charge is 2.38. The normalized spacial score (nSPS) is 14.4. The Morgan fingerprint density at radius 3 is 1.93 bits per heavy atom. The molecular weight excluding hydrogens is 196 g/mol. The molecule has 0 bridgehead atoms. The van der Waals surface area contributed by atoms with Gasteiger partial charge in [-0.1, -0.05) is 20.8 Å². The lowest BCUT2D eigenvalue weighted by Gasteiger charge is -2.31. The van der Waals surface area contributed by atoms with Crippen molar-refractivity contribution in [3.8, 4) is 0 Å². The topological polar surface area (TPSA) is 42.5 Å². The maximum Gasteiger partial charge on any atom is 0.516 e. The molecule has 86 valence electrons. The summed E-state index contributed by atoms with van der Waals surface area (Å²) in [7, 11) is -0.659. The summed E-state index contributed by atoms with van der Waals surface area (Å²) in [5, 5.41) is 0. The fourth-order valence-corrected chi connectivity index (χ4v) is 3.51. The van der Waals surface area contributed by atoms with Crippen LogP contribution < -0.4 is 9.96 Å². The van der Waals surface area contributed by atoms with Crippen LogP contribution in [0.3, 0.4) is 0 Å². The number of nitrogens with one attached hydrogen (secondary N) is 2. The summed E-state index contributed by atoms with van der Waals surface area (Å²) < 4.78 is 11.4. The maximum absolute atomic E-state index is 5.91. The molecule has 0 heterocycles. The molecular formula is C9H24N2O2Si. The van der Waals surface area contributed by atoms with E-state index in [0.717, 1.165) is 19.5 Å². The molecule has 0 fully saturated rings. The van der Waals surface area contributed by atoms with Gasteiger partial charge in [-0.2, -0.15) is 0 Å². The second-order valence-corrected chi connectivity index (χ2v) is 5.80. The van der Waals surface area contributed by atoms with E-state index in [1.807, 2.05) is 0 Å². The largest absolute Gasteiger partial charge is 0.516 e. The van der Waals surface area contributed by atoms with Gasteiger partial charge in [-0.15, -0.1) is 0 Å². The first kappa shape index (κ1) is 14.1. The highest BCUT2D eigenvalue weighted by Crippen LogP contribution is 2.05. The summed E-state index contributed by atoms with van der Waals surface area (Å²) in [6, 6.07) is 0. The molecule has 0 amide bonds. The second kappa shape index (κ2) is 7.36. The van der Waals surface area contributed by atoms with Crippen molar-refractivity contribution in [3.63, 3.8) is 0 Å². The summed E-state index contributed by atoms with van der Waals surface area (Å²) in [6.07, 6.45) is 1.22. The predicted octanol–water partition coefficient (Wildman–Crippen LogP) is 1.10. The van der Waals surface area contributed by atoms with Gasteiger partial charge >= 0.3 is 8.88 Å². The lowest BCUT2D eigenvalue weighted by atomic mass is 10.3. The van der Waals surface area contributed by atoms with E-state index in [4.69, 9.17) is 8.85 Å². The maximum atomic E-state index is 5.91. The van der Waals surface area contributed by atoms with E-state index in [0.29, 0.717) is 0 Å². The SMILES string of the molecule is CCN[Si](NCC)(OC)OC(C)CC. The molecule has 14 heavy (non-hydrogen) atoms. The Morgan fingerprint density at radius 1 is 1.14 bits per heavy atom. The van der Waals surface area contributed by atoms with Crippen LogP contribution in [0.2, 0.25) is 0 Å². The minimum atomic E-state index is -2.35. The van der Waals surface area contributed by atoms with E-state index in [9.17, 15) is 0 Å². The van der Waals surface area contributed by atoms with Crippen molar-refractivity contribution >= 4 is 8.88 Å². The molecule has 0 aromatic carbocycles. The molecule has 4 nitrogen and oxygen atoms in total. The van der Waals surface area contributed by atoms with Crippen LogP contribution in [0.15, 0.2) is 0 Å². The van der Waals surface area contributed by atoms with E-state index in [1.165, 1.54) is 0 Å². The van der Waals surface area contributed by atoms with Gasteiger partial charge in [0.25, 0.3) is 0 Å². The molecule has 0 saturated heterocycles. The van der Waals surface area contributed by atoms with Crippen LogP contribution in [0.1, 0.15) is 34.1 Å². The Kier molecular flexibility index (Phi) is 7.39. The van der Waals surface area contributed by atoms with Crippen LogP contribution in [0.25, 0.3) is 0 Å². The van der Waals surface area contributed by atoms with E-state index < -0.39 is 8.88 Å². The molecule has 0 saturated carbocycles. The molecule has 0 aliphatic heterocycles. The molecule has 1 atom stereocenters. The molecule has 1 unspecified atom stereocenters. The Morgan fingerprint density at radius 2 is 1.64 bits per heavy atom. The van der Waals surface area contributed by atoms with Crippen LogP contribution in [0.5, 0.6) is 0 Å². The molecule has 2 N–H and O–H groups in total. The van der Waals surface area contributed by atoms with Crippen LogP contribution in [-0.2, 0) is 8.85 Å². The molecule has 0 spiro atoms. The Labute approximate surface area is 88.8 Å². The Balaban J connectivity index is 4.31. The first-order chi connectivity index (χ1) is 6.64. The van der Waals surface area contributed by atoms with Crippen molar-refractivity contribution in [2.45, 2.75) is 40.2 Å². The van der Waals surface area contributed by atoms with Crippen LogP contribution in [-0.4, -0.2) is 35.2 Å². The third kappa shape index (κ3) is 4.52. The summed E-state index contributed by atoms with van der Waals surface area (Å²) in [4.78, 5) is 6.59. The van der Waals surface area contributed by atoms with Crippen LogP contribution in [0.4, 0.5) is 0 Å². The lowest BCUT2D eigenvalue weighted by Crippen LogP contribution is -2.67. The predicted molar refractivity (Wildman–Crippen MR) is 61.0 cm³/mol. The molecule has 0 radical (unpaired) electrons. The summed E-state index contributed by atoms with van der Waals surface area (Å²) >= 11 is 0. The zero-order valence-electron chi connectivity index (χ0n) is 10.0. The van der Waals surface area contributed by atoms with Crippen molar-refractivity contribution in [1.82, 2.24) is 9.96 Å². The van der Waals surface area contributed by atoms with Gasteiger partial charge in [-0.05, 0) is 26.4 Å². The quantitative estimate of drug-likeness (QED) is 0.601. The lowest BCUT2D eigenvalue weighted by molar-refractivity contribution is 0.120. The standard InChI is InChI=1S/C9H24N2O2Si/c1-6-9(4)13-14(12-5,10-7-2)11-8-3/h9-11H,6-8H2,1-5H3. The molecule has 0 rings (SSSR count). The molecule has 0 aliphatic carbocycles. The van der Waals surface area contributed by atoms with E-state index in [1.54, 1.807) is 7.11 Å². The molecule has 5 heteroatoms. The van der Waals surface area contributed by atoms with Gasteiger partial charge in [0.1, 0.15) is 0 Å². The highest BCUT2D eigenvalue weighted by atomic mass is 28.4. The second-order valence-electron chi connectivity index (χ2n) is 3.22. The van der Waals surface area contributed by atoms with Crippen molar-refractivity contribution in [1.29, 1.82) is 0 Å². The Bertz CT molecular complexity index is 141. The van der Waals surface area contributed by atoms with Crippen molar-refractivity contribution < 1.29 is 8.85 Å². The first-order valence-electron chi connectivity index (χ1n) is 5.37. The van der Waals surface area contributed by atoms with E-state index in [-0.39, 0.29) is 6.10 Å². The average Bonchev–Trinajstić information content (AvgIpc) is 2.18.